The molecular formula is C15H19N3O2. The summed E-state index contributed by atoms with van der Waals surface area (Å²) in [5.41, 5.74) is 2.85. The molecular weight excluding hydrogens is 254 g/mol. The highest BCUT2D eigenvalue weighted by Crippen LogP contribution is 2.32. The molecule has 1 aliphatic carbocycles. The molecule has 0 aliphatic heterocycles. The fourth-order valence-electron chi connectivity index (χ4n) is 3.02. The van der Waals surface area contributed by atoms with Gasteiger partial charge < -0.3 is 5.11 Å². The first-order chi connectivity index (χ1) is 9.69. The summed E-state index contributed by atoms with van der Waals surface area (Å²) in [6, 6.07) is 3.66. The Morgan fingerprint density at radius 2 is 2.10 bits per heavy atom. The van der Waals surface area contributed by atoms with Crippen LogP contribution in [0.3, 0.4) is 0 Å². The van der Waals surface area contributed by atoms with E-state index in [2.05, 4.69) is 23.1 Å². The summed E-state index contributed by atoms with van der Waals surface area (Å²) in [6.07, 6.45) is 7.03. The molecule has 0 spiro atoms. The second kappa shape index (κ2) is 5.23. The number of nitrogens with zero attached hydrogens (tertiary/aromatic N) is 3. The van der Waals surface area contributed by atoms with Gasteiger partial charge in [0.2, 0.25) is 0 Å². The number of carboxylic acids is 1. The van der Waals surface area contributed by atoms with Crippen molar-refractivity contribution in [1.82, 2.24) is 14.6 Å². The highest BCUT2D eigenvalue weighted by atomic mass is 16.4. The molecule has 1 N–H and O–H groups in total. The number of fused-ring (bicyclic) bond motifs is 1. The monoisotopic (exact) mass is 273 g/mol. The van der Waals surface area contributed by atoms with E-state index in [1.54, 1.807) is 10.6 Å². The molecule has 0 amide bonds. The number of hydrogen-bond donors (Lipinski definition) is 1. The largest absolute Gasteiger partial charge is 0.476 e. The molecule has 0 aromatic carbocycles. The van der Waals surface area contributed by atoms with Gasteiger partial charge in [-0.2, -0.15) is 5.10 Å². The maximum atomic E-state index is 11.1. The molecule has 1 aliphatic rings. The Morgan fingerprint density at radius 3 is 2.75 bits per heavy atom. The topological polar surface area (TPSA) is 67.5 Å². The van der Waals surface area contributed by atoms with E-state index in [1.807, 2.05) is 0 Å². The van der Waals surface area contributed by atoms with Crippen LogP contribution >= 0.6 is 0 Å². The lowest BCUT2D eigenvalue weighted by Crippen LogP contribution is -2.10. The van der Waals surface area contributed by atoms with Gasteiger partial charge in [0.25, 0.3) is 0 Å². The van der Waals surface area contributed by atoms with Crippen molar-refractivity contribution in [3.63, 3.8) is 0 Å². The van der Waals surface area contributed by atoms with Crippen molar-refractivity contribution in [2.24, 2.45) is 0 Å². The molecule has 3 rings (SSSR count). The minimum absolute atomic E-state index is 0.0630. The van der Waals surface area contributed by atoms with Gasteiger partial charge in [-0.1, -0.05) is 26.2 Å². The molecule has 0 atom stereocenters. The fourth-order valence-corrected chi connectivity index (χ4v) is 3.02. The van der Waals surface area contributed by atoms with Gasteiger partial charge in [-0.25, -0.2) is 14.3 Å². The molecule has 0 unspecified atom stereocenters. The van der Waals surface area contributed by atoms with E-state index in [-0.39, 0.29) is 5.69 Å². The van der Waals surface area contributed by atoms with Crippen molar-refractivity contribution in [2.75, 3.05) is 0 Å². The molecule has 20 heavy (non-hydrogen) atoms. The average molecular weight is 273 g/mol. The van der Waals surface area contributed by atoms with Crippen LogP contribution in [0.15, 0.2) is 12.1 Å². The van der Waals surface area contributed by atoms with Crippen LogP contribution in [0.1, 0.15) is 66.8 Å². The summed E-state index contributed by atoms with van der Waals surface area (Å²) in [4.78, 5) is 15.7. The third-order valence-electron chi connectivity index (χ3n) is 4.13. The molecule has 2 aromatic heterocycles. The van der Waals surface area contributed by atoms with E-state index in [1.165, 1.54) is 32.1 Å². The Hall–Kier alpha value is -1.91. The quantitative estimate of drug-likeness (QED) is 0.933. The van der Waals surface area contributed by atoms with Gasteiger partial charge in [-0.3, -0.25) is 0 Å². The van der Waals surface area contributed by atoms with Gasteiger partial charge in [-0.05, 0) is 25.3 Å². The van der Waals surface area contributed by atoms with Gasteiger partial charge in [0.15, 0.2) is 11.3 Å². The van der Waals surface area contributed by atoms with Crippen LogP contribution < -0.4 is 0 Å². The van der Waals surface area contributed by atoms with Crippen LogP contribution in [0.5, 0.6) is 0 Å². The van der Waals surface area contributed by atoms with Crippen molar-refractivity contribution >= 4 is 11.6 Å². The lowest BCUT2D eigenvalue weighted by Gasteiger charge is -2.21. The van der Waals surface area contributed by atoms with Crippen LogP contribution in [0.25, 0.3) is 5.65 Å². The van der Waals surface area contributed by atoms with E-state index in [9.17, 15) is 4.79 Å². The Bertz CT molecular complexity index is 642. The molecule has 2 heterocycles. The first-order valence-corrected chi connectivity index (χ1v) is 7.32. The van der Waals surface area contributed by atoms with E-state index in [4.69, 9.17) is 5.11 Å². The highest BCUT2D eigenvalue weighted by Gasteiger charge is 2.20. The smallest absolute Gasteiger partial charge is 0.356 e. The number of aryl methyl sites for hydroxylation is 1. The molecule has 1 fully saturated rings. The zero-order valence-corrected chi connectivity index (χ0v) is 11.7. The molecule has 5 nitrogen and oxygen atoms in total. The Labute approximate surface area is 117 Å². The predicted octanol–water partition coefficient (Wildman–Crippen LogP) is 3.04. The molecule has 1 saturated carbocycles. The Morgan fingerprint density at radius 1 is 1.35 bits per heavy atom. The van der Waals surface area contributed by atoms with E-state index in [0.717, 1.165) is 17.8 Å². The zero-order chi connectivity index (χ0) is 14.1. The maximum absolute atomic E-state index is 11.1. The highest BCUT2D eigenvalue weighted by molar-refractivity contribution is 5.86. The van der Waals surface area contributed by atoms with Gasteiger partial charge >= 0.3 is 5.97 Å². The van der Waals surface area contributed by atoms with Crippen LogP contribution in [-0.2, 0) is 6.42 Å². The molecule has 106 valence electrons. The van der Waals surface area contributed by atoms with E-state index >= 15 is 0 Å². The first-order valence-electron chi connectivity index (χ1n) is 7.32. The standard InChI is InChI=1S/C15H19N3O2/c1-2-11-8-12(10-6-4-3-5-7-10)16-14-9-13(15(19)20)17-18(11)14/h8-10H,2-7H2,1H3,(H,19,20). The first kappa shape index (κ1) is 13.1. The van der Waals surface area contributed by atoms with Crippen molar-refractivity contribution < 1.29 is 9.90 Å². The summed E-state index contributed by atoms with van der Waals surface area (Å²) >= 11 is 0. The van der Waals surface area contributed by atoms with Crippen LogP contribution in [-0.4, -0.2) is 25.7 Å². The number of carbonyl (C=O) groups is 1. The van der Waals surface area contributed by atoms with Gasteiger partial charge in [-0.15, -0.1) is 0 Å². The third-order valence-corrected chi connectivity index (χ3v) is 4.13. The summed E-state index contributed by atoms with van der Waals surface area (Å²) in [7, 11) is 0. The van der Waals surface area contributed by atoms with Gasteiger partial charge in [0.05, 0.1) is 0 Å². The summed E-state index contributed by atoms with van der Waals surface area (Å²) in [5, 5.41) is 13.2. The Kier molecular flexibility index (Phi) is 3.42. The van der Waals surface area contributed by atoms with Gasteiger partial charge in [0, 0.05) is 23.4 Å². The second-order valence-corrected chi connectivity index (χ2v) is 5.47. The SMILES string of the molecule is CCc1cc(C2CCCCC2)nc2cc(C(=O)O)nn12. The number of aromatic carboxylic acids is 1. The average Bonchev–Trinajstić information content (AvgIpc) is 2.91. The van der Waals surface area contributed by atoms with Gasteiger partial charge in [0.1, 0.15) is 0 Å². The molecule has 2 aromatic rings. The van der Waals surface area contributed by atoms with Crippen molar-refractivity contribution in [3.8, 4) is 0 Å². The predicted molar refractivity (Wildman–Crippen MR) is 75.2 cm³/mol. The molecule has 5 heteroatoms. The summed E-state index contributed by atoms with van der Waals surface area (Å²) in [6.45, 7) is 2.06. The fraction of sp³-hybridized carbons (Fsp3) is 0.533. The number of aromatic nitrogens is 3. The van der Waals surface area contributed by atoms with Crippen molar-refractivity contribution in [1.29, 1.82) is 0 Å². The summed E-state index contributed by atoms with van der Waals surface area (Å²) < 4.78 is 1.66. The minimum Gasteiger partial charge on any atom is -0.476 e. The second-order valence-electron chi connectivity index (χ2n) is 5.47. The Balaban J connectivity index is 2.07. The minimum atomic E-state index is -1.00. The number of carboxylic acid groups (broad SMARTS) is 1. The van der Waals surface area contributed by atoms with Crippen LogP contribution in [0.4, 0.5) is 0 Å². The molecule has 0 radical (unpaired) electrons. The number of rotatable bonds is 3. The van der Waals surface area contributed by atoms with E-state index in [0.29, 0.717) is 11.6 Å². The van der Waals surface area contributed by atoms with Crippen LogP contribution in [0.2, 0.25) is 0 Å². The maximum Gasteiger partial charge on any atom is 0.356 e. The molecule has 0 saturated heterocycles. The van der Waals surface area contributed by atoms with Crippen LogP contribution in [0, 0.1) is 0 Å². The lowest BCUT2D eigenvalue weighted by atomic mass is 9.86. The normalized spacial score (nSPS) is 16.6. The molecule has 0 bridgehead atoms. The van der Waals surface area contributed by atoms with Crippen molar-refractivity contribution in [2.45, 2.75) is 51.4 Å². The number of hydrogen-bond acceptors (Lipinski definition) is 3. The van der Waals surface area contributed by atoms with Crippen molar-refractivity contribution in [3.05, 3.63) is 29.2 Å². The zero-order valence-electron chi connectivity index (χ0n) is 11.7. The lowest BCUT2D eigenvalue weighted by molar-refractivity contribution is 0.0690. The van der Waals surface area contributed by atoms with E-state index < -0.39 is 5.97 Å². The third kappa shape index (κ3) is 2.28. The summed E-state index contributed by atoms with van der Waals surface area (Å²) in [5.74, 6) is -0.487.